The van der Waals surface area contributed by atoms with E-state index in [9.17, 15) is 4.79 Å². The van der Waals surface area contributed by atoms with Crippen LogP contribution in [0.2, 0.25) is 0 Å². The van der Waals surface area contributed by atoms with Gasteiger partial charge in [-0.1, -0.05) is 17.7 Å². The van der Waals surface area contributed by atoms with Crippen molar-refractivity contribution in [2.75, 3.05) is 25.6 Å². The number of nitrogens with two attached hydrogens (primary N) is 1. The smallest absolute Gasteiger partial charge is 0.270 e. The summed E-state index contributed by atoms with van der Waals surface area (Å²) >= 11 is 0. The number of hydrogen-bond donors (Lipinski definition) is 2. The van der Waals surface area contributed by atoms with Crippen molar-refractivity contribution in [1.29, 1.82) is 0 Å². The molecule has 120 valence electrons. The van der Waals surface area contributed by atoms with Gasteiger partial charge in [-0.3, -0.25) is 4.79 Å². The molecule has 1 aromatic heterocycles. The molecule has 0 radical (unpaired) electrons. The summed E-state index contributed by atoms with van der Waals surface area (Å²) in [4.78, 5) is 16.3. The molecular formula is C16H23N3O3. The maximum Gasteiger partial charge on any atom is 0.270 e. The predicted molar refractivity (Wildman–Crippen MR) is 84.5 cm³/mol. The van der Waals surface area contributed by atoms with Gasteiger partial charge in [0.2, 0.25) is 0 Å². The Hall–Kier alpha value is -1.92. The number of hydrogen-bond acceptors (Lipinski definition) is 5. The standard InChI is InChI=1S/C16H23N3O3/c1-11(2)6-9-22-14-7-8-21-10-13(14)19-16(20)12-4-3-5-15(17)18-12/h3-6,13-14H,7-10H2,1-2H3,(H2,17,18)(H,19,20)/t13-,14+/m0/s1. The number of nitrogens with zero attached hydrogens (tertiary/aromatic N) is 1. The molecule has 2 rings (SSSR count). The second-order valence-corrected chi connectivity index (χ2v) is 5.54. The minimum Gasteiger partial charge on any atom is -0.384 e. The van der Waals surface area contributed by atoms with E-state index >= 15 is 0 Å². The number of amides is 1. The van der Waals surface area contributed by atoms with Gasteiger partial charge < -0.3 is 20.5 Å². The normalized spacial score (nSPS) is 21.2. The van der Waals surface area contributed by atoms with Crippen LogP contribution in [-0.4, -0.2) is 42.9 Å². The molecule has 0 saturated carbocycles. The summed E-state index contributed by atoms with van der Waals surface area (Å²) < 4.78 is 11.3. The summed E-state index contributed by atoms with van der Waals surface area (Å²) in [5.41, 5.74) is 7.11. The zero-order valence-corrected chi connectivity index (χ0v) is 13.0. The third-order valence-corrected chi connectivity index (χ3v) is 3.41. The van der Waals surface area contributed by atoms with Gasteiger partial charge >= 0.3 is 0 Å². The number of carbonyl (C=O) groups is 1. The molecule has 0 spiro atoms. The van der Waals surface area contributed by atoms with Crippen molar-refractivity contribution in [2.24, 2.45) is 0 Å². The van der Waals surface area contributed by atoms with Crippen LogP contribution < -0.4 is 11.1 Å². The largest absolute Gasteiger partial charge is 0.384 e. The number of carbonyl (C=O) groups excluding carboxylic acids is 1. The average molecular weight is 305 g/mol. The highest BCUT2D eigenvalue weighted by molar-refractivity contribution is 5.92. The van der Waals surface area contributed by atoms with Gasteiger partial charge in [0.05, 0.1) is 25.4 Å². The number of anilines is 1. The van der Waals surface area contributed by atoms with Crippen LogP contribution in [0.1, 0.15) is 30.8 Å². The van der Waals surface area contributed by atoms with Crippen LogP contribution in [0.4, 0.5) is 5.82 Å². The van der Waals surface area contributed by atoms with E-state index in [1.165, 1.54) is 5.57 Å². The van der Waals surface area contributed by atoms with E-state index in [2.05, 4.69) is 10.3 Å². The third kappa shape index (κ3) is 4.82. The van der Waals surface area contributed by atoms with E-state index in [0.717, 1.165) is 6.42 Å². The minimum atomic E-state index is -0.265. The van der Waals surface area contributed by atoms with E-state index in [1.807, 2.05) is 19.9 Å². The molecule has 0 unspecified atom stereocenters. The zero-order valence-electron chi connectivity index (χ0n) is 13.0. The number of allylic oxidation sites excluding steroid dienone is 1. The molecule has 0 aromatic carbocycles. The second kappa shape index (κ2) is 7.91. The zero-order chi connectivity index (χ0) is 15.9. The van der Waals surface area contributed by atoms with Crippen LogP contribution in [0.15, 0.2) is 29.8 Å². The minimum absolute atomic E-state index is 0.0608. The lowest BCUT2D eigenvalue weighted by Crippen LogP contribution is -2.50. The first-order valence-corrected chi connectivity index (χ1v) is 7.42. The van der Waals surface area contributed by atoms with E-state index in [1.54, 1.807) is 18.2 Å². The molecule has 6 heteroatoms. The summed E-state index contributed by atoms with van der Waals surface area (Å²) in [6, 6.07) is 4.80. The van der Waals surface area contributed by atoms with Crippen LogP contribution in [0, 0.1) is 0 Å². The van der Waals surface area contributed by atoms with Gasteiger partial charge in [-0.15, -0.1) is 0 Å². The molecule has 22 heavy (non-hydrogen) atoms. The van der Waals surface area contributed by atoms with E-state index < -0.39 is 0 Å². The Morgan fingerprint density at radius 1 is 1.55 bits per heavy atom. The fourth-order valence-electron chi connectivity index (χ4n) is 2.21. The number of rotatable bonds is 5. The monoisotopic (exact) mass is 305 g/mol. The molecule has 2 heterocycles. The Balaban J connectivity index is 1.96. The third-order valence-electron chi connectivity index (χ3n) is 3.41. The fourth-order valence-corrected chi connectivity index (χ4v) is 2.21. The highest BCUT2D eigenvalue weighted by Gasteiger charge is 2.28. The summed E-state index contributed by atoms with van der Waals surface area (Å²) in [5.74, 6) is 0.0579. The van der Waals surface area contributed by atoms with Crippen LogP contribution in [0.5, 0.6) is 0 Å². The highest BCUT2D eigenvalue weighted by Crippen LogP contribution is 2.13. The van der Waals surface area contributed by atoms with Crippen LogP contribution in [-0.2, 0) is 9.47 Å². The summed E-state index contributed by atoms with van der Waals surface area (Å²) in [5, 5.41) is 2.92. The number of ether oxygens (including phenoxy) is 2. The molecule has 6 nitrogen and oxygen atoms in total. The molecule has 1 amide bonds. The summed E-state index contributed by atoms with van der Waals surface area (Å²) in [7, 11) is 0. The van der Waals surface area contributed by atoms with Crippen molar-refractivity contribution in [2.45, 2.75) is 32.4 Å². The molecule has 1 aliphatic heterocycles. The molecule has 3 N–H and O–H groups in total. The Kier molecular flexibility index (Phi) is 5.91. The van der Waals surface area contributed by atoms with Crippen molar-refractivity contribution in [3.63, 3.8) is 0 Å². The fraction of sp³-hybridized carbons (Fsp3) is 0.500. The molecule has 1 fully saturated rings. The second-order valence-electron chi connectivity index (χ2n) is 5.54. The van der Waals surface area contributed by atoms with Crippen molar-refractivity contribution in [1.82, 2.24) is 10.3 Å². The average Bonchev–Trinajstić information content (AvgIpc) is 2.48. The van der Waals surface area contributed by atoms with Gasteiger partial charge in [0.1, 0.15) is 11.5 Å². The molecule has 2 atom stereocenters. The van der Waals surface area contributed by atoms with Crippen LogP contribution in [0.3, 0.4) is 0 Å². The number of nitrogen functional groups attached to an aromatic ring is 1. The molecule has 0 aliphatic carbocycles. The highest BCUT2D eigenvalue weighted by atomic mass is 16.5. The Labute approximate surface area is 130 Å². The molecule has 1 aliphatic rings. The van der Waals surface area contributed by atoms with Gasteiger partial charge in [-0.05, 0) is 32.4 Å². The molecule has 0 bridgehead atoms. The number of pyridine rings is 1. The maximum absolute atomic E-state index is 12.2. The van der Waals surface area contributed by atoms with Gasteiger partial charge in [0.25, 0.3) is 5.91 Å². The summed E-state index contributed by atoms with van der Waals surface area (Å²) in [6.45, 7) is 5.67. The van der Waals surface area contributed by atoms with Crippen molar-refractivity contribution >= 4 is 11.7 Å². The first-order chi connectivity index (χ1) is 10.6. The van der Waals surface area contributed by atoms with Crippen molar-refractivity contribution in [3.05, 3.63) is 35.5 Å². The topological polar surface area (TPSA) is 86.5 Å². The first-order valence-electron chi connectivity index (χ1n) is 7.42. The van der Waals surface area contributed by atoms with Gasteiger partial charge in [0.15, 0.2) is 0 Å². The molecule has 1 saturated heterocycles. The van der Waals surface area contributed by atoms with Crippen LogP contribution >= 0.6 is 0 Å². The number of nitrogens with one attached hydrogen (secondary N) is 1. The first kappa shape index (κ1) is 16.5. The lowest BCUT2D eigenvalue weighted by Gasteiger charge is -2.31. The Morgan fingerprint density at radius 3 is 3.09 bits per heavy atom. The van der Waals surface area contributed by atoms with E-state index in [4.69, 9.17) is 15.2 Å². The van der Waals surface area contributed by atoms with Gasteiger partial charge in [0, 0.05) is 6.61 Å². The van der Waals surface area contributed by atoms with E-state index in [0.29, 0.717) is 31.3 Å². The quantitative estimate of drug-likeness (QED) is 0.806. The maximum atomic E-state index is 12.2. The summed E-state index contributed by atoms with van der Waals surface area (Å²) in [6.07, 6.45) is 2.72. The SMILES string of the molecule is CC(C)=CCO[C@@H]1CCOC[C@@H]1NC(=O)c1cccc(N)n1. The van der Waals surface area contributed by atoms with Crippen molar-refractivity contribution in [3.8, 4) is 0 Å². The van der Waals surface area contributed by atoms with Gasteiger partial charge in [-0.25, -0.2) is 4.98 Å². The van der Waals surface area contributed by atoms with E-state index in [-0.39, 0.29) is 18.1 Å². The van der Waals surface area contributed by atoms with Crippen molar-refractivity contribution < 1.29 is 14.3 Å². The Bertz CT molecular complexity index is 541. The number of aromatic nitrogens is 1. The molecular weight excluding hydrogens is 282 g/mol. The van der Waals surface area contributed by atoms with Crippen LogP contribution in [0.25, 0.3) is 0 Å². The molecule has 1 aromatic rings. The lowest BCUT2D eigenvalue weighted by atomic mass is 10.1. The van der Waals surface area contributed by atoms with Gasteiger partial charge in [-0.2, -0.15) is 0 Å². The predicted octanol–water partition coefficient (Wildman–Crippen LogP) is 1.53. The Morgan fingerprint density at radius 2 is 2.36 bits per heavy atom. The lowest BCUT2D eigenvalue weighted by molar-refractivity contribution is -0.0457.